The van der Waals surface area contributed by atoms with Crippen molar-refractivity contribution < 1.29 is 4.79 Å². The van der Waals surface area contributed by atoms with Gasteiger partial charge in [0.1, 0.15) is 4.83 Å². The number of aryl methyl sites for hydroxylation is 3. The lowest BCUT2D eigenvalue weighted by molar-refractivity contribution is -0.116. The number of hydrogen-bond acceptors (Lipinski definition) is 4. The second kappa shape index (κ2) is 7.48. The SMILES string of the molecule is O=C(CCn1cnc2sc3c(c2c1=O)CCCC3)Nc1ccc(I)cc1. The molecule has 1 amide bonds. The van der Waals surface area contributed by atoms with Crippen LogP contribution in [-0.2, 0) is 24.2 Å². The minimum atomic E-state index is -0.106. The first-order valence-electron chi connectivity index (χ1n) is 8.67. The summed E-state index contributed by atoms with van der Waals surface area (Å²) < 4.78 is 2.68. The Balaban J connectivity index is 1.50. The van der Waals surface area contributed by atoms with E-state index in [2.05, 4.69) is 32.9 Å². The Morgan fingerprint density at radius 3 is 2.81 bits per heavy atom. The number of nitrogens with zero attached hydrogens (tertiary/aromatic N) is 2. The van der Waals surface area contributed by atoms with E-state index in [4.69, 9.17) is 0 Å². The van der Waals surface area contributed by atoms with Crippen LogP contribution in [0.4, 0.5) is 5.69 Å². The Bertz CT molecular complexity index is 1020. The van der Waals surface area contributed by atoms with Gasteiger partial charge in [0.25, 0.3) is 5.56 Å². The third-order valence-electron chi connectivity index (χ3n) is 4.65. The highest BCUT2D eigenvalue weighted by Gasteiger charge is 2.20. The monoisotopic (exact) mass is 479 g/mol. The molecule has 1 aromatic carbocycles. The summed E-state index contributed by atoms with van der Waals surface area (Å²) in [5.41, 5.74) is 1.94. The molecule has 0 saturated heterocycles. The summed E-state index contributed by atoms with van der Waals surface area (Å²) in [6.07, 6.45) is 6.15. The molecule has 7 heteroatoms. The van der Waals surface area contributed by atoms with E-state index in [0.29, 0.717) is 6.54 Å². The number of hydrogen-bond donors (Lipinski definition) is 1. The Hall–Kier alpha value is -1.74. The zero-order chi connectivity index (χ0) is 18.1. The predicted molar refractivity (Wildman–Crippen MR) is 113 cm³/mol. The Morgan fingerprint density at radius 2 is 2.00 bits per heavy atom. The van der Waals surface area contributed by atoms with Crippen LogP contribution < -0.4 is 10.9 Å². The van der Waals surface area contributed by atoms with Gasteiger partial charge in [-0.15, -0.1) is 11.3 Å². The number of halogens is 1. The van der Waals surface area contributed by atoms with E-state index in [-0.39, 0.29) is 17.9 Å². The van der Waals surface area contributed by atoms with Crippen LogP contribution in [0.15, 0.2) is 35.4 Å². The Labute approximate surface area is 168 Å². The van der Waals surface area contributed by atoms with Crippen molar-refractivity contribution in [3.8, 4) is 0 Å². The molecule has 3 aromatic rings. The van der Waals surface area contributed by atoms with Gasteiger partial charge in [-0.2, -0.15) is 0 Å². The molecule has 26 heavy (non-hydrogen) atoms. The van der Waals surface area contributed by atoms with Crippen molar-refractivity contribution in [2.45, 2.75) is 38.6 Å². The number of anilines is 1. The van der Waals surface area contributed by atoms with E-state index in [1.165, 1.54) is 16.9 Å². The van der Waals surface area contributed by atoms with Crippen molar-refractivity contribution in [1.82, 2.24) is 9.55 Å². The molecule has 5 nitrogen and oxygen atoms in total. The molecule has 0 radical (unpaired) electrons. The zero-order valence-electron chi connectivity index (χ0n) is 14.1. The Morgan fingerprint density at radius 1 is 1.23 bits per heavy atom. The first-order valence-corrected chi connectivity index (χ1v) is 10.6. The number of rotatable bonds is 4. The van der Waals surface area contributed by atoms with Crippen LogP contribution in [0.2, 0.25) is 0 Å². The molecule has 2 heterocycles. The van der Waals surface area contributed by atoms with Gasteiger partial charge in [0, 0.05) is 27.1 Å². The summed E-state index contributed by atoms with van der Waals surface area (Å²) in [7, 11) is 0. The third-order valence-corrected chi connectivity index (χ3v) is 6.57. The quantitative estimate of drug-likeness (QED) is 0.577. The first-order chi connectivity index (χ1) is 12.6. The van der Waals surface area contributed by atoms with Crippen LogP contribution in [-0.4, -0.2) is 15.5 Å². The van der Waals surface area contributed by atoms with Gasteiger partial charge in [-0.25, -0.2) is 4.98 Å². The largest absolute Gasteiger partial charge is 0.326 e. The second-order valence-corrected chi connectivity index (χ2v) is 8.77. The third kappa shape index (κ3) is 3.55. The maximum Gasteiger partial charge on any atom is 0.262 e. The molecule has 0 unspecified atom stereocenters. The van der Waals surface area contributed by atoms with Crippen molar-refractivity contribution in [3.05, 3.63) is 55.0 Å². The van der Waals surface area contributed by atoms with Gasteiger partial charge in [0.15, 0.2) is 0 Å². The number of amides is 1. The molecule has 0 atom stereocenters. The minimum absolute atomic E-state index is 0.0172. The fraction of sp³-hybridized carbons (Fsp3) is 0.316. The average molecular weight is 479 g/mol. The number of carbonyl (C=O) groups excluding carboxylic acids is 1. The summed E-state index contributed by atoms with van der Waals surface area (Å²) in [6, 6.07) is 7.63. The number of carbonyl (C=O) groups is 1. The van der Waals surface area contributed by atoms with Crippen molar-refractivity contribution in [3.63, 3.8) is 0 Å². The van der Waals surface area contributed by atoms with Crippen LogP contribution >= 0.6 is 33.9 Å². The van der Waals surface area contributed by atoms with Crippen LogP contribution in [0.3, 0.4) is 0 Å². The smallest absolute Gasteiger partial charge is 0.262 e. The lowest BCUT2D eigenvalue weighted by Crippen LogP contribution is -2.24. The fourth-order valence-corrected chi connectivity index (χ4v) is 4.90. The molecule has 0 spiro atoms. The summed E-state index contributed by atoms with van der Waals surface area (Å²) in [5, 5.41) is 3.63. The molecule has 2 aromatic heterocycles. The van der Waals surface area contributed by atoms with E-state index in [1.54, 1.807) is 22.2 Å². The fourth-order valence-electron chi connectivity index (χ4n) is 3.32. The van der Waals surface area contributed by atoms with E-state index in [9.17, 15) is 9.59 Å². The number of fused-ring (bicyclic) bond motifs is 3. The van der Waals surface area contributed by atoms with Crippen LogP contribution in [0.1, 0.15) is 29.7 Å². The van der Waals surface area contributed by atoms with Crippen molar-refractivity contribution in [2.24, 2.45) is 0 Å². The van der Waals surface area contributed by atoms with Crippen LogP contribution in [0.25, 0.3) is 10.2 Å². The molecule has 0 saturated carbocycles. The highest BCUT2D eigenvalue weighted by Crippen LogP contribution is 2.33. The molecule has 1 aliphatic rings. The molecule has 1 aliphatic carbocycles. The van der Waals surface area contributed by atoms with Crippen LogP contribution in [0.5, 0.6) is 0 Å². The van der Waals surface area contributed by atoms with Gasteiger partial charge in [0.2, 0.25) is 5.91 Å². The predicted octanol–water partition coefficient (Wildman–Crippen LogP) is 3.97. The topological polar surface area (TPSA) is 64.0 Å². The molecule has 0 bridgehead atoms. The number of benzene rings is 1. The first kappa shape index (κ1) is 17.7. The van der Waals surface area contributed by atoms with Gasteiger partial charge < -0.3 is 5.32 Å². The van der Waals surface area contributed by atoms with Gasteiger partial charge in [-0.1, -0.05) is 0 Å². The molecular formula is C19H18IN3O2S. The highest BCUT2D eigenvalue weighted by atomic mass is 127. The summed E-state index contributed by atoms with van der Waals surface area (Å²) in [6.45, 7) is 0.336. The van der Waals surface area contributed by atoms with E-state index in [1.807, 2.05) is 24.3 Å². The van der Waals surface area contributed by atoms with Gasteiger partial charge in [-0.3, -0.25) is 14.2 Å². The van der Waals surface area contributed by atoms with Crippen LogP contribution in [0, 0.1) is 3.57 Å². The number of aromatic nitrogens is 2. The Kier molecular flexibility index (Phi) is 5.08. The maximum atomic E-state index is 12.9. The van der Waals surface area contributed by atoms with Gasteiger partial charge >= 0.3 is 0 Å². The molecule has 134 valence electrons. The standard InChI is InChI=1S/C19H18IN3O2S/c20-12-5-7-13(8-6-12)22-16(24)9-10-23-11-21-18-17(19(23)25)14-3-1-2-4-15(14)26-18/h5-8,11H,1-4,9-10H2,(H,22,24). The number of thiophene rings is 1. The van der Waals surface area contributed by atoms with Crippen molar-refractivity contribution >= 4 is 55.7 Å². The van der Waals surface area contributed by atoms with Gasteiger partial charge in [-0.05, 0) is 78.1 Å². The molecular weight excluding hydrogens is 461 g/mol. The summed E-state index contributed by atoms with van der Waals surface area (Å²) >= 11 is 3.87. The van der Waals surface area contributed by atoms with E-state index < -0.39 is 0 Å². The lowest BCUT2D eigenvalue weighted by atomic mass is 9.97. The normalized spacial score (nSPS) is 13.6. The number of nitrogens with one attached hydrogen (secondary N) is 1. The van der Waals surface area contributed by atoms with Crippen molar-refractivity contribution in [2.75, 3.05) is 5.32 Å². The molecule has 0 fully saturated rings. The zero-order valence-corrected chi connectivity index (χ0v) is 17.1. The van der Waals surface area contributed by atoms with Crippen molar-refractivity contribution in [1.29, 1.82) is 0 Å². The lowest BCUT2D eigenvalue weighted by Gasteiger charge is -2.10. The minimum Gasteiger partial charge on any atom is -0.326 e. The van der Waals surface area contributed by atoms with Gasteiger partial charge in [0.05, 0.1) is 11.7 Å². The van der Waals surface area contributed by atoms with E-state index in [0.717, 1.165) is 38.7 Å². The molecule has 0 aliphatic heterocycles. The molecule has 1 N–H and O–H groups in total. The average Bonchev–Trinajstić information content (AvgIpc) is 3.02. The van der Waals surface area contributed by atoms with E-state index >= 15 is 0 Å². The molecule has 4 rings (SSSR count). The summed E-state index contributed by atoms with van der Waals surface area (Å²) in [4.78, 5) is 31.7. The maximum absolute atomic E-state index is 12.9. The second-order valence-electron chi connectivity index (χ2n) is 6.44. The summed E-state index contributed by atoms with van der Waals surface area (Å²) in [5.74, 6) is -0.106. The highest BCUT2D eigenvalue weighted by molar-refractivity contribution is 14.1.